The van der Waals surface area contributed by atoms with Gasteiger partial charge in [-0.2, -0.15) is 0 Å². The highest BCUT2D eigenvalue weighted by Gasteiger charge is 2.31. The van der Waals surface area contributed by atoms with E-state index in [1.54, 1.807) is 14.0 Å². The molecule has 0 aliphatic carbocycles. The first-order chi connectivity index (χ1) is 5.66. The lowest BCUT2D eigenvalue weighted by Gasteiger charge is -2.13. The molecule has 0 bridgehead atoms. The van der Waals surface area contributed by atoms with Gasteiger partial charge in [-0.15, -0.1) is 0 Å². The fraction of sp³-hybridized carbons (Fsp3) is 0.714. The molecule has 1 heterocycles. The van der Waals surface area contributed by atoms with Crippen molar-refractivity contribution in [2.45, 2.75) is 13.0 Å². The SMILES string of the molecule is COCCN1C(=O)C(C)NC1=S. The third kappa shape index (κ3) is 1.73. The lowest BCUT2D eigenvalue weighted by Crippen LogP contribution is -2.33. The molecule has 0 saturated carbocycles. The molecule has 1 atom stereocenters. The Kier molecular flexibility index (Phi) is 2.99. The van der Waals surface area contributed by atoms with Crippen LogP contribution in [0.5, 0.6) is 0 Å². The highest BCUT2D eigenvalue weighted by molar-refractivity contribution is 7.80. The molecule has 5 heteroatoms. The Hall–Kier alpha value is -0.680. The van der Waals surface area contributed by atoms with E-state index >= 15 is 0 Å². The summed E-state index contributed by atoms with van der Waals surface area (Å²) in [6.07, 6.45) is 0. The number of thiocarbonyl (C=S) groups is 1. The Labute approximate surface area is 76.9 Å². The van der Waals surface area contributed by atoms with Crippen LogP contribution in [0.2, 0.25) is 0 Å². The van der Waals surface area contributed by atoms with Gasteiger partial charge in [0.1, 0.15) is 6.04 Å². The second-order valence-electron chi connectivity index (χ2n) is 2.65. The van der Waals surface area contributed by atoms with Crippen LogP contribution in [0.4, 0.5) is 0 Å². The van der Waals surface area contributed by atoms with Gasteiger partial charge in [-0.05, 0) is 19.1 Å². The molecule has 0 spiro atoms. The van der Waals surface area contributed by atoms with E-state index in [-0.39, 0.29) is 11.9 Å². The minimum Gasteiger partial charge on any atom is -0.383 e. The average Bonchev–Trinajstić information content (AvgIpc) is 2.25. The minimum absolute atomic E-state index is 0.0250. The molecule has 0 aromatic heterocycles. The van der Waals surface area contributed by atoms with E-state index in [0.717, 1.165) is 0 Å². The molecule has 1 saturated heterocycles. The Balaban J connectivity index is 2.52. The summed E-state index contributed by atoms with van der Waals surface area (Å²) in [6, 6.07) is -0.186. The molecule has 1 N–H and O–H groups in total. The molecular weight excluding hydrogens is 176 g/mol. The van der Waals surface area contributed by atoms with Gasteiger partial charge in [0.05, 0.1) is 13.2 Å². The lowest BCUT2D eigenvalue weighted by molar-refractivity contribution is -0.127. The van der Waals surface area contributed by atoms with Gasteiger partial charge >= 0.3 is 0 Å². The molecule has 0 aromatic rings. The van der Waals surface area contributed by atoms with Gasteiger partial charge in [0.15, 0.2) is 5.11 Å². The van der Waals surface area contributed by atoms with Crippen molar-refractivity contribution in [1.82, 2.24) is 10.2 Å². The quantitative estimate of drug-likeness (QED) is 0.619. The standard InChI is InChI=1S/C7H12N2O2S/c1-5-6(10)9(3-4-11-2)7(12)8-5/h5H,3-4H2,1-2H3,(H,8,12). The van der Waals surface area contributed by atoms with Gasteiger partial charge < -0.3 is 10.1 Å². The Morgan fingerprint density at radius 2 is 2.42 bits per heavy atom. The fourth-order valence-electron chi connectivity index (χ4n) is 1.05. The van der Waals surface area contributed by atoms with Gasteiger partial charge in [0, 0.05) is 7.11 Å². The zero-order valence-electron chi connectivity index (χ0n) is 7.16. The highest BCUT2D eigenvalue weighted by atomic mass is 32.1. The maximum atomic E-state index is 11.3. The van der Waals surface area contributed by atoms with Gasteiger partial charge in [0.25, 0.3) is 5.91 Å². The first kappa shape index (κ1) is 9.41. The van der Waals surface area contributed by atoms with Crippen LogP contribution in [-0.4, -0.2) is 42.2 Å². The summed E-state index contributed by atoms with van der Waals surface area (Å²) >= 11 is 4.95. The number of carbonyl (C=O) groups is 1. The molecular formula is C7H12N2O2S. The van der Waals surface area contributed by atoms with Crippen LogP contribution in [0, 0.1) is 0 Å². The first-order valence-corrected chi connectivity index (χ1v) is 4.18. The topological polar surface area (TPSA) is 41.6 Å². The van der Waals surface area contributed by atoms with E-state index < -0.39 is 0 Å². The van der Waals surface area contributed by atoms with Crippen LogP contribution < -0.4 is 5.32 Å². The van der Waals surface area contributed by atoms with Crippen molar-refractivity contribution in [2.24, 2.45) is 0 Å². The third-order valence-electron chi connectivity index (χ3n) is 1.74. The third-order valence-corrected chi connectivity index (χ3v) is 2.08. The molecule has 1 aliphatic rings. The van der Waals surface area contributed by atoms with Crippen molar-refractivity contribution >= 4 is 23.2 Å². The summed E-state index contributed by atoms with van der Waals surface area (Å²) in [6.45, 7) is 2.84. The van der Waals surface area contributed by atoms with E-state index in [1.165, 1.54) is 4.90 Å². The van der Waals surface area contributed by atoms with Crippen LogP contribution in [0.15, 0.2) is 0 Å². The predicted octanol–water partition coefficient (Wildman–Crippen LogP) is -0.262. The van der Waals surface area contributed by atoms with Crippen molar-refractivity contribution in [3.63, 3.8) is 0 Å². The molecule has 1 rings (SSSR count). The average molecular weight is 188 g/mol. The van der Waals surface area contributed by atoms with Gasteiger partial charge in [-0.3, -0.25) is 9.69 Å². The van der Waals surface area contributed by atoms with Crippen molar-refractivity contribution in [1.29, 1.82) is 0 Å². The summed E-state index contributed by atoms with van der Waals surface area (Å²) in [5, 5.41) is 3.38. The van der Waals surface area contributed by atoms with E-state index in [1.807, 2.05) is 0 Å². The van der Waals surface area contributed by atoms with Gasteiger partial charge in [-0.1, -0.05) is 0 Å². The molecule has 0 radical (unpaired) electrons. The van der Waals surface area contributed by atoms with Crippen molar-refractivity contribution in [2.75, 3.05) is 20.3 Å². The summed E-state index contributed by atoms with van der Waals surface area (Å²) in [5.74, 6) is 0.0250. The van der Waals surface area contributed by atoms with E-state index in [0.29, 0.717) is 18.3 Å². The largest absolute Gasteiger partial charge is 0.383 e. The smallest absolute Gasteiger partial charge is 0.251 e. The van der Waals surface area contributed by atoms with Crippen molar-refractivity contribution in [3.05, 3.63) is 0 Å². The second-order valence-corrected chi connectivity index (χ2v) is 3.04. The molecule has 1 fully saturated rings. The molecule has 1 unspecified atom stereocenters. The molecule has 68 valence electrons. The van der Waals surface area contributed by atoms with Crippen LogP contribution in [0.3, 0.4) is 0 Å². The highest BCUT2D eigenvalue weighted by Crippen LogP contribution is 2.04. The fourth-order valence-corrected chi connectivity index (χ4v) is 1.41. The van der Waals surface area contributed by atoms with Crippen LogP contribution in [-0.2, 0) is 9.53 Å². The number of methoxy groups -OCH3 is 1. The lowest BCUT2D eigenvalue weighted by atomic mass is 10.3. The normalized spacial score (nSPS) is 23.2. The predicted molar refractivity (Wildman–Crippen MR) is 48.8 cm³/mol. The van der Waals surface area contributed by atoms with Crippen LogP contribution in [0.1, 0.15) is 6.92 Å². The Bertz CT molecular complexity index is 208. The maximum Gasteiger partial charge on any atom is 0.251 e. The van der Waals surface area contributed by atoms with Gasteiger partial charge in [0.2, 0.25) is 0 Å². The number of hydrogen-bond donors (Lipinski definition) is 1. The van der Waals surface area contributed by atoms with E-state index in [9.17, 15) is 4.79 Å². The number of hydrogen-bond acceptors (Lipinski definition) is 3. The van der Waals surface area contributed by atoms with E-state index in [4.69, 9.17) is 17.0 Å². The number of ether oxygens (including phenoxy) is 1. The Morgan fingerprint density at radius 3 is 2.83 bits per heavy atom. The second kappa shape index (κ2) is 3.82. The first-order valence-electron chi connectivity index (χ1n) is 3.77. The number of amides is 1. The molecule has 1 aliphatic heterocycles. The molecule has 12 heavy (non-hydrogen) atoms. The molecule has 1 amide bonds. The molecule has 4 nitrogen and oxygen atoms in total. The number of rotatable bonds is 3. The number of nitrogens with one attached hydrogen (secondary N) is 1. The summed E-state index contributed by atoms with van der Waals surface area (Å²) in [5.41, 5.74) is 0. The van der Waals surface area contributed by atoms with E-state index in [2.05, 4.69) is 5.32 Å². The van der Waals surface area contributed by atoms with Crippen LogP contribution in [0.25, 0.3) is 0 Å². The summed E-state index contributed by atoms with van der Waals surface area (Å²) in [4.78, 5) is 12.9. The summed E-state index contributed by atoms with van der Waals surface area (Å²) < 4.78 is 4.85. The minimum atomic E-state index is -0.186. The zero-order valence-corrected chi connectivity index (χ0v) is 7.98. The van der Waals surface area contributed by atoms with Crippen LogP contribution >= 0.6 is 12.2 Å². The van der Waals surface area contributed by atoms with Crippen molar-refractivity contribution in [3.8, 4) is 0 Å². The molecule has 0 aromatic carbocycles. The maximum absolute atomic E-state index is 11.3. The Morgan fingerprint density at radius 1 is 1.75 bits per heavy atom. The zero-order chi connectivity index (χ0) is 9.14. The van der Waals surface area contributed by atoms with Crippen molar-refractivity contribution < 1.29 is 9.53 Å². The van der Waals surface area contributed by atoms with Gasteiger partial charge in [-0.25, -0.2) is 0 Å². The number of carbonyl (C=O) groups excluding carboxylic acids is 1. The summed E-state index contributed by atoms with van der Waals surface area (Å²) in [7, 11) is 1.60. The monoisotopic (exact) mass is 188 g/mol. The number of nitrogens with zero attached hydrogens (tertiary/aromatic N) is 1.